The third kappa shape index (κ3) is 1.65. The average molecular weight is 214 g/mol. The van der Waals surface area contributed by atoms with Gasteiger partial charge in [-0.25, -0.2) is 0 Å². The normalized spacial score (nSPS) is 27.9. The number of halogens is 1. The molecule has 1 aromatic rings. The van der Waals surface area contributed by atoms with E-state index >= 15 is 0 Å². The van der Waals surface area contributed by atoms with Crippen molar-refractivity contribution in [3.8, 4) is 0 Å². The number of aryl methyl sites for hydroxylation is 1. The van der Waals surface area contributed by atoms with Gasteiger partial charge in [0, 0.05) is 18.3 Å². The van der Waals surface area contributed by atoms with E-state index in [0.29, 0.717) is 5.92 Å². The lowest BCUT2D eigenvalue weighted by atomic mass is 9.88. The molecular formula is C10H16ClN3. The molecule has 0 saturated heterocycles. The molecule has 78 valence electrons. The smallest absolute Gasteiger partial charge is 0.137 e. The molecule has 14 heavy (non-hydrogen) atoms. The van der Waals surface area contributed by atoms with Gasteiger partial charge >= 0.3 is 0 Å². The highest BCUT2D eigenvalue weighted by Crippen LogP contribution is 2.35. The second-order valence-electron chi connectivity index (χ2n) is 4.07. The average Bonchev–Trinajstić information content (AvgIpc) is 2.49. The molecule has 4 heteroatoms. The quantitative estimate of drug-likeness (QED) is 0.671. The van der Waals surface area contributed by atoms with Crippen molar-refractivity contribution in [3.63, 3.8) is 0 Å². The lowest BCUT2D eigenvalue weighted by Gasteiger charge is -2.25. The van der Waals surface area contributed by atoms with Crippen molar-refractivity contribution < 1.29 is 0 Å². The van der Waals surface area contributed by atoms with Gasteiger partial charge < -0.3 is 4.57 Å². The van der Waals surface area contributed by atoms with Crippen LogP contribution in [0.25, 0.3) is 0 Å². The van der Waals surface area contributed by atoms with E-state index in [-0.39, 0.29) is 5.38 Å². The first-order valence-electron chi connectivity index (χ1n) is 5.20. The number of aromatic nitrogens is 3. The minimum Gasteiger partial charge on any atom is -0.318 e. The van der Waals surface area contributed by atoms with Crippen LogP contribution in [0.3, 0.4) is 0 Å². The number of rotatable bonds is 1. The summed E-state index contributed by atoms with van der Waals surface area (Å²) in [4.78, 5) is 0. The van der Waals surface area contributed by atoms with Gasteiger partial charge in [-0.05, 0) is 19.8 Å². The van der Waals surface area contributed by atoms with Crippen LogP contribution in [0.4, 0.5) is 0 Å². The number of alkyl halides is 1. The standard InChI is InChI=1S/C10H16ClN3/c1-7-12-13-10(14(7)2)8-5-3-4-6-9(8)11/h8-9H,3-6H2,1-2H3. The fourth-order valence-corrected chi connectivity index (χ4v) is 2.52. The van der Waals surface area contributed by atoms with Crippen molar-refractivity contribution in [3.05, 3.63) is 11.6 Å². The minimum atomic E-state index is 0.242. The molecule has 0 spiro atoms. The Balaban J connectivity index is 2.24. The van der Waals surface area contributed by atoms with Crippen LogP contribution in [0.1, 0.15) is 43.3 Å². The van der Waals surface area contributed by atoms with E-state index in [1.807, 2.05) is 14.0 Å². The molecule has 0 aromatic carbocycles. The van der Waals surface area contributed by atoms with E-state index in [0.717, 1.165) is 24.5 Å². The lowest BCUT2D eigenvalue weighted by Crippen LogP contribution is -2.21. The molecule has 3 nitrogen and oxygen atoms in total. The minimum absolute atomic E-state index is 0.242. The van der Waals surface area contributed by atoms with Crippen molar-refractivity contribution in [2.24, 2.45) is 7.05 Å². The summed E-state index contributed by atoms with van der Waals surface area (Å²) in [5.74, 6) is 2.42. The van der Waals surface area contributed by atoms with Crippen molar-refractivity contribution in [2.75, 3.05) is 0 Å². The molecule has 1 aliphatic carbocycles. The Morgan fingerprint density at radius 3 is 2.57 bits per heavy atom. The molecular weight excluding hydrogens is 198 g/mol. The van der Waals surface area contributed by atoms with E-state index in [4.69, 9.17) is 11.6 Å². The third-order valence-corrected chi connectivity index (χ3v) is 3.66. The summed E-state index contributed by atoms with van der Waals surface area (Å²) in [6, 6.07) is 0. The molecule has 2 rings (SSSR count). The molecule has 1 saturated carbocycles. The molecule has 0 N–H and O–H groups in total. The summed E-state index contributed by atoms with van der Waals surface area (Å²) in [7, 11) is 2.02. The maximum Gasteiger partial charge on any atom is 0.137 e. The summed E-state index contributed by atoms with van der Waals surface area (Å²) in [5.41, 5.74) is 0. The van der Waals surface area contributed by atoms with E-state index in [1.54, 1.807) is 0 Å². The van der Waals surface area contributed by atoms with Gasteiger partial charge in [-0.3, -0.25) is 0 Å². The van der Waals surface area contributed by atoms with Crippen LogP contribution in [0.2, 0.25) is 0 Å². The van der Waals surface area contributed by atoms with Gasteiger partial charge in [-0.2, -0.15) is 0 Å². The lowest BCUT2D eigenvalue weighted by molar-refractivity contribution is 0.427. The first-order chi connectivity index (χ1) is 6.70. The summed E-state index contributed by atoms with van der Waals surface area (Å²) in [6.07, 6.45) is 4.78. The summed E-state index contributed by atoms with van der Waals surface area (Å²) in [5, 5.41) is 8.54. The molecule has 1 heterocycles. The Morgan fingerprint density at radius 1 is 1.29 bits per heavy atom. The largest absolute Gasteiger partial charge is 0.318 e. The Bertz CT molecular complexity index is 321. The van der Waals surface area contributed by atoms with E-state index in [2.05, 4.69) is 14.8 Å². The molecule has 0 aliphatic heterocycles. The second kappa shape index (κ2) is 3.89. The van der Waals surface area contributed by atoms with Gasteiger partial charge in [0.2, 0.25) is 0 Å². The molecule has 0 amide bonds. The van der Waals surface area contributed by atoms with Crippen LogP contribution in [0.15, 0.2) is 0 Å². The highest BCUT2D eigenvalue weighted by atomic mass is 35.5. The summed E-state index contributed by atoms with van der Waals surface area (Å²) >= 11 is 6.32. The molecule has 0 bridgehead atoms. The zero-order valence-corrected chi connectivity index (χ0v) is 9.46. The maximum atomic E-state index is 6.32. The van der Waals surface area contributed by atoms with Crippen molar-refractivity contribution in [1.82, 2.24) is 14.8 Å². The number of hydrogen-bond acceptors (Lipinski definition) is 2. The SMILES string of the molecule is Cc1nnc(C2CCCCC2Cl)n1C. The van der Waals surface area contributed by atoms with Crippen LogP contribution in [-0.2, 0) is 7.05 Å². The Hall–Kier alpha value is -0.570. The van der Waals surface area contributed by atoms with Gasteiger partial charge in [0.1, 0.15) is 11.6 Å². The molecule has 2 atom stereocenters. The highest BCUT2D eigenvalue weighted by Gasteiger charge is 2.28. The van der Waals surface area contributed by atoms with Crippen LogP contribution >= 0.6 is 11.6 Å². The Kier molecular flexibility index (Phi) is 2.77. The zero-order chi connectivity index (χ0) is 10.1. The van der Waals surface area contributed by atoms with Gasteiger partial charge in [-0.1, -0.05) is 12.8 Å². The van der Waals surface area contributed by atoms with E-state index < -0.39 is 0 Å². The van der Waals surface area contributed by atoms with Gasteiger partial charge in [0.15, 0.2) is 0 Å². The molecule has 0 radical (unpaired) electrons. The summed E-state index contributed by atoms with van der Waals surface area (Å²) in [6.45, 7) is 1.97. The van der Waals surface area contributed by atoms with Crippen LogP contribution in [0, 0.1) is 6.92 Å². The second-order valence-corrected chi connectivity index (χ2v) is 4.63. The molecule has 2 unspecified atom stereocenters. The van der Waals surface area contributed by atoms with Gasteiger partial charge in [0.05, 0.1) is 0 Å². The van der Waals surface area contributed by atoms with Crippen molar-refractivity contribution in [2.45, 2.75) is 43.9 Å². The van der Waals surface area contributed by atoms with Crippen molar-refractivity contribution >= 4 is 11.6 Å². The molecule has 1 fully saturated rings. The highest BCUT2D eigenvalue weighted by molar-refractivity contribution is 6.21. The van der Waals surface area contributed by atoms with Gasteiger partial charge in [-0.15, -0.1) is 21.8 Å². The van der Waals surface area contributed by atoms with Crippen LogP contribution in [0.5, 0.6) is 0 Å². The fraction of sp³-hybridized carbons (Fsp3) is 0.800. The number of hydrogen-bond donors (Lipinski definition) is 0. The molecule has 1 aromatic heterocycles. The number of nitrogens with zero attached hydrogens (tertiary/aromatic N) is 3. The van der Waals surface area contributed by atoms with E-state index in [9.17, 15) is 0 Å². The predicted octanol–water partition coefficient (Wildman–Crippen LogP) is 2.39. The topological polar surface area (TPSA) is 30.7 Å². The van der Waals surface area contributed by atoms with Crippen LogP contribution in [-0.4, -0.2) is 20.1 Å². The fourth-order valence-electron chi connectivity index (χ4n) is 2.12. The van der Waals surface area contributed by atoms with Gasteiger partial charge in [0.25, 0.3) is 0 Å². The maximum absolute atomic E-state index is 6.32. The first-order valence-corrected chi connectivity index (χ1v) is 5.63. The first kappa shape index (κ1) is 9.97. The van der Waals surface area contributed by atoms with Crippen LogP contribution < -0.4 is 0 Å². The summed E-state index contributed by atoms with van der Waals surface area (Å²) < 4.78 is 2.06. The third-order valence-electron chi connectivity index (χ3n) is 3.14. The van der Waals surface area contributed by atoms with E-state index in [1.165, 1.54) is 12.8 Å². The monoisotopic (exact) mass is 213 g/mol. The zero-order valence-electron chi connectivity index (χ0n) is 8.70. The molecule has 1 aliphatic rings. The Labute approximate surface area is 89.5 Å². The predicted molar refractivity (Wildman–Crippen MR) is 56.6 cm³/mol. The Morgan fingerprint density at radius 2 is 2.00 bits per heavy atom. The van der Waals surface area contributed by atoms with Crippen molar-refractivity contribution in [1.29, 1.82) is 0 Å².